The number of hydrogen-bond donors (Lipinski definition) is 2. The standard InChI is InChI=1S/C19H22BrFN2O4S/c1-12(2)18(23-28(25,26)15-7-5-14(20)6-8-15)19(24)22-11-13-4-9-17(27-3)16(21)10-13/h4-10,12,18,23H,11H2,1-3H3,(H,22,24)/t18-/m0/s1. The fourth-order valence-corrected chi connectivity index (χ4v) is 4.07. The number of benzene rings is 2. The van der Waals surface area contributed by atoms with Crippen molar-refractivity contribution in [2.45, 2.75) is 31.3 Å². The van der Waals surface area contributed by atoms with Gasteiger partial charge in [0.05, 0.1) is 12.0 Å². The van der Waals surface area contributed by atoms with Gasteiger partial charge < -0.3 is 10.1 Å². The lowest BCUT2D eigenvalue weighted by molar-refractivity contribution is -0.123. The van der Waals surface area contributed by atoms with E-state index in [0.29, 0.717) is 5.56 Å². The summed E-state index contributed by atoms with van der Waals surface area (Å²) in [4.78, 5) is 12.6. The monoisotopic (exact) mass is 472 g/mol. The van der Waals surface area contributed by atoms with Gasteiger partial charge in [0.25, 0.3) is 0 Å². The molecule has 0 unspecified atom stereocenters. The molecular weight excluding hydrogens is 451 g/mol. The third kappa shape index (κ3) is 5.76. The van der Waals surface area contributed by atoms with Crippen LogP contribution in [0.25, 0.3) is 0 Å². The molecule has 0 radical (unpaired) electrons. The fraction of sp³-hybridized carbons (Fsp3) is 0.316. The van der Waals surface area contributed by atoms with Crippen molar-refractivity contribution in [2.75, 3.05) is 7.11 Å². The number of methoxy groups -OCH3 is 1. The summed E-state index contributed by atoms with van der Waals surface area (Å²) in [7, 11) is -2.51. The third-order valence-electron chi connectivity index (χ3n) is 4.04. The Kier molecular flexibility index (Phi) is 7.56. The molecule has 28 heavy (non-hydrogen) atoms. The first kappa shape index (κ1) is 22.3. The van der Waals surface area contributed by atoms with E-state index in [4.69, 9.17) is 4.74 Å². The SMILES string of the molecule is COc1ccc(CNC(=O)[C@@H](NS(=O)(=O)c2ccc(Br)cc2)C(C)C)cc1F. The van der Waals surface area contributed by atoms with Gasteiger partial charge in [-0.3, -0.25) is 4.79 Å². The van der Waals surface area contributed by atoms with E-state index in [2.05, 4.69) is 26.0 Å². The van der Waals surface area contributed by atoms with Crippen molar-refractivity contribution in [3.63, 3.8) is 0 Å². The van der Waals surface area contributed by atoms with Crippen LogP contribution in [0.4, 0.5) is 4.39 Å². The molecule has 152 valence electrons. The van der Waals surface area contributed by atoms with E-state index >= 15 is 0 Å². The third-order valence-corrected chi connectivity index (χ3v) is 6.02. The molecule has 2 rings (SSSR count). The zero-order valence-electron chi connectivity index (χ0n) is 15.7. The van der Waals surface area contributed by atoms with Crippen LogP contribution in [0.2, 0.25) is 0 Å². The highest BCUT2D eigenvalue weighted by Gasteiger charge is 2.28. The highest BCUT2D eigenvalue weighted by atomic mass is 79.9. The lowest BCUT2D eigenvalue weighted by atomic mass is 10.0. The Morgan fingerprint density at radius 2 is 1.82 bits per heavy atom. The van der Waals surface area contributed by atoms with Crippen LogP contribution in [0.1, 0.15) is 19.4 Å². The van der Waals surface area contributed by atoms with Gasteiger partial charge in [0, 0.05) is 11.0 Å². The Morgan fingerprint density at radius 1 is 1.18 bits per heavy atom. The summed E-state index contributed by atoms with van der Waals surface area (Å²) in [6.07, 6.45) is 0. The first-order valence-corrected chi connectivity index (χ1v) is 10.8. The number of sulfonamides is 1. The Bertz CT molecular complexity index is 933. The van der Waals surface area contributed by atoms with E-state index in [1.807, 2.05) is 0 Å². The minimum atomic E-state index is -3.87. The number of nitrogens with one attached hydrogen (secondary N) is 2. The number of amides is 1. The Morgan fingerprint density at radius 3 is 2.36 bits per heavy atom. The molecule has 0 saturated carbocycles. The fourth-order valence-electron chi connectivity index (χ4n) is 2.46. The van der Waals surface area contributed by atoms with Gasteiger partial charge in [-0.1, -0.05) is 35.8 Å². The summed E-state index contributed by atoms with van der Waals surface area (Å²) in [6.45, 7) is 3.53. The van der Waals surface area contributed by atoms with E-state index in [-0.39, 0.29) is 23.1 Å². The molecule has 1 amide bonds. The maximum absolute atomic E-state index is 13.8. The number of halogens is 2. The lowest BCUT2D eigenvalue weighted by Crippen LogP contribution is -2.49. The molecule has 0 aliphatic heterocycles. The smallest absolute Gasteiger partial charge is 0.241 e. The van der Waals surface area contributed by atoms with Crippen LogP contribution in [-0.4, -0.2) is 27.5 Å². The summed E-state index contributed by atoms with van der Waals surface area (Å²) < 4.78 is 47.0. The van der Waals surface area contributed by atoms with E-state index < -0.39 is 27.8 Å². The molecule has 0 saturated heterocycles. The second kappa shape index (κ2) is 9.49. The molecule has 2 N–H and O–H groups in total. The lowest BCUT2D eigenvalue weighted by Gasteiger charge is -2.21. The Balaban J connectivity index is 2.09. The number of carbonyl (C=O) groups excluding carboxylic acids is 1. The molecule has 0 aliphatic carbocycles. The van der Waals surface area contributed by atoms with Crippen LogP contribution < -0.4 is 14.8 Å². The summed E-state index contributed by atoms with van der Waals surface area (Å²) in [6, 6.07) is 9.48. The second-order valence-electron chi connectivity index (χ2n) is 6.48. The minimum Gasteiger partial charge on any atom is -0.494 e. The Hall–Kier alpha value is -1.97. The summed E-state index contributed by atoms with van der Waals surface area (Å²) >= 11 is 3.25. The molecule has 0 bridgehead atoms. The van der Waals surface area contributed by atoms with Gasteiger partial charge in [0.2, 0.25) is 15.9 Å². The minimum absolute atomic E-state index is 0.0585. The molecule has 2 aromatic rings. The van der Waals surface area contributed by atoms with Crippen LogP contribution in [0, 0.1) is 11.7 Å². The van der Waals surface area contributed by atoms with Crippen LogP contribution in [-0.2, 0) is 21.4 Å². The topological polar surface area (TPSA) is 84.5 Å². The van der Waals surface area contributed by atoms with Crippen LogP contribution in [0.15, 0.2) is 51.8 Å². The molecule has 6 nitrogen and oxygen atoms in total. The summed E-state index contributed by atoms with van der Waals surface area (Å²) in [5.74, 6) is -1.22. The van der Waals surface area contributed by atoms with E-state index in [1.165, 1.54) is 31.4 Å². The van der Waals surface area contributed by atoms with Crippen molar-refractivity contribution in [1.82, 2.24) is 10.0 Å². The van der Waals surface area contributed by atoms with Gasteiger partial charge in [-0.25, -0.2) is 12.8 Å². The van der Waals surface area contributed by atoms with Crippen molar-refractivity contribution >= 4 is 31.9 Å². The van der Waals surface area contributed by atoms with Gasteiger partial charge in [-0.05, 0) is 47.9 Å². The molecule has 0 spiro atoms. The number of carbonyl (C=O) groups is 1. The van der Waals surface area contributed by atoms with E-state index in [9.17, 15) is 17.6 Å². The zero-order valence-corrected chi connectivity index (χ0v) is 18.1. The van der Waals surface area contributed by atoms with Crippen molar-refractivity contribution < 1.29 is 22.3 Å². The largest absolute Gasteiger partial charge is 0.494 e. The molecule has 1 atom stereocenters. The number of rotatable bonds is 8. The van der Waals surface area contributed by atoms with Gasteiger partial charge in [-0.2, -0.15) is 4.72 Å². The highest BCUT2D eigenvalue weighted by molar-refractivity contribution is 9.10. The normalized spacial score (nSPS) is 12.6. The molecule has 0 fully saturated rings. The van der Waals surface area contributed by atoms with Crippen molar-refractivity contribution in [3.8, 4) is 5.75 Å². The zero-order chi connectivity index (χ0) is 20.9. The van der Waals surface area contributed by atoms with Gasteiger partial charge >= 0.3 is 0 Å². The maximum atomic E-state index is 13.8. The molecule has 0 heterocycles. The van der Waals surface area contributed by atoms with Crippen molar-refractivity contribution in [1.29, 1.82) is 0 Å². The van der Waals surface area contributed by atoms with Gasteiger partial charge in [-0.15, -0.1) is 0 Å². The van der Waals surface area contributed by atoms with Gasteiger partial charge in [0.1, 0.15) is 6.04 Å². The van der Waals surface area contributed by atoms with Crippen LogP contribution in [0.5, 0.6) is 5.75 Å². The summed E-state index contributed by atoms with van der Waals surface area (Å²) in [5.41, 5.74) is 0.532. The number of ether oxygens (including phenoxy) is 1. The van der Waals surface area contributed by atoms with Crippen molar-refractivity contribution in [3.05, 3.63) is 58.3 Å². The second-order valence-corrected chi connectivity index (χ2v) is 9.11. The van der Waals surface area contributed by atoms with Crippen LogP contribution in [0.3, 0.4) is 0 Å². The average Bonchev–Trinajstić information content (AvgIpc) is 2.64. The van der Waals surface area contributed by atoms with Gasteiger partial charge in [0.15, 0.2) is 11.6 Å². The Labute approximate surface area is 172 Å². The van der Waals surface area contributed by atoms with E-state index in [0.717, 1.165) is 4.47 Å². The molecular formula is C19H22BrFN2O4S. The number of hydrogen-bond acceptors (Lipinski definition) is 4. The van der Waals surface area contributed by atoms with Crippen molar-refractivity contribution in [2.24, 2.45) is 5.92 Å². The first-order chi connectivity index (χ1) is 13.1. The summed E-state index contributed by atoms with van der Waals surface area (Å²) in [5, 5.41) is 2.65. The van der Waals surface area contributed by atoms with E-state index in [1.54, 1.807) is 32.0 Å². The highest BCUT2D eigenvalue weighted by Crippen LogP contribution is 2.18. The first-order valence-electron chi connectivity index (χ1n) is 8.52. The predicted octanol–water partition coefficient (Wildman–Crippen LogP) is 3.22. The maximum Gasteiger partial charge on any atom is 0.241 e. The predicted molar refractivity (Wildman–Crippen MR) is 108 cm³/mol. The molecule has 0 aromatic heterocycles. The average molecular weight is 473 g/mol. The quantitative estimate of drug-likeness (QED) is 0.617. The molecule has 0 aliphatic rings. The molecule has 9 heteroatoms. The van der Waals surface area contributed by atoms with Crippen LogP contribution >= 0.6 is 15.9 Å². The molecule has 2 aromatic carbocycles.